The molecule has 0 saturated heterocycles. The van der Waals surface area contributed by atoms with E-state index < -0.39 is 10.1 Å². The number of amides is 1. The lowest BCUT2D eigenvalue weighted by Gasteiger charge is -2.23. The van der Waals surface area contributed by atoms with Crippen molar-refractivity contribution in [2.24, 2.45) is 0 Å². The Labute approximate surface area is 164 Å². The van der Waals surface area contributed by atoms with Gasteiger partial charge in [-0.2, -0.15) is 8.42 Å². The Bertz CT molecular complexity index is 660. The maximum Gasteiger partial charge on any atom is 0.308 e. The summed E-state index contributed by atoms with van der Waals surface area (Å²) in [5, 5.41) is 0. The zero-order valence-electron chi connectivity index (χ0n) is 16.8. The van der Waals surface area contributed by atoms with Crippen molar-refractivity contribution in [3.63, 3.8) is 0 Å². The molecule has 0 N–H and O–H groups in total. The zero-order chi connectivity index (χ0) is 20.1. The van der Waals surface area contributed by atoms with E-state index in [0.717, 1.165) is 24.8 Å². The molecule has 0 aromatic heterocycles. The first-order chi connectivity index (χ1) is 12.9. The highest BCUT2D eigenvalue weighted by molar-refractivity contribution is 7.87. The molecule has 0 saturated carbocycles. The third kappa shape index (κ3) is 9.77. The molecule has 7 heteroatoms. The van der Waals surface area contributed by atoms with Crippen LogP contribution in [-0.2, 0) is 26.2 Å². The SMILES string of the molecule is CCCCCCCC(=O)N(CCOC)Cc1cccc(OS(=O)(=O)CC)c1. The number of nitrogens with zero attached hydrogens (tertiary/aromatic N) is 1. The fourth-order valence-electron chi connectivity index (χ4n) is 2.65. The number of unbranched alkanes of at least 4 members (excludes halogenated alkanes) is 4. The summed E-state index contributed by atoms with van der Waals surface area (Å²) in [6.07, 6.45) is 6.02. The average Bonchev–Trinajstić information content (AvgIpc) is 2.64. The summed E-state index contributed by atoms with van der Waals surface area (Å²) in [6.45, 7) is 5.07. The first-order valence-corrected chi connectivity index (χ1v) is 11.3. The van der Waals surface area contributed by atoms with E-state index in [1.807, 2.05) is 6.07 Å². The summed E-state index contributed by atoms with van der Waals surface area (Å²) in [7, 11) is -1.96. The van der Waals surface area contributed by atoms with Crippen LogP contribution in [0.5, 0.6) is 5.75 Å². The van der Waals surface area contributed by atoms with Gasteiger partial charge in [0.25, 0.3) is 0 Å². The normalized spacial score (nSPS) is 11.4. The smallest absolute Gasteiger partial charge is 0.308 e. The van der Waals surface area contributed by atoms with Gasteiger partial charge in [-0.15, -0.1) is 0 Å². The number of ether oxygens (including phenoxy) is 1. The van der Waals surface area contributed by atoms with E-state index in [-0.39, 0.29) is 17.4 Å². The van der Waals surface area contributed by atoms with Crippen LogP contribution in [0.2, 0.25) is 0 Å². The molecular formula is C20H33NO5S. The van der Waals surface area contributed by atoms with Crippen molar-refractivity contribution in [2.75, 3.05) is 26.0 Å². The predicted molar refractivity (Wildman–Crippen MR) is 107 cm³/mol. The van der Waals surface area contributed by atoms with Crippen LogP contribution in [0.1, 0.15) is 57.9 Å². The third-order valence-electron chi connectivity index (χ3n) is 4.26. The molecule has 0 unspecified atom stereocenters. The maximum atomic E-state index is 12.6. The molecule has 0 atom stereocenters. The fourth-order valence-corrected chi connectivity index (χ4v) is 3.17. The number of hydrogen-bond acceptors (Lipinski definition) is 5. The first-order valence-electron chi connectivity index (χ1n) is 9.69. The van der Waals surface area contributed by atoms with Gasteiger partial charge in [0.2, 0.25) is 5.91 Å². The molecule has 1 rings (SSSR count). The van der Waals surface area contributed by atoms with Gasteiger partial charge in [0.1, 0.15) is 5.75 Å². The standard InChI is InChI=1S/C20H33NO5S/c1-4-6-7-8-9-13-20(22)21(14-15-25-3)17-18-11-10-12-19(16-18)26-27(23,24)5-2/h10-12,16H,4-9,13-15,17H2,1-3H3. The van der Waals surface area contributed by atoms with Crippen LogP contribution in [0, 0.1) is 0 Å². The molecule has 27 heavy (non-hydrogen) atoms. The van der Waals surface area contributed by atoms with Gasteiger partial charge in [0.05, 0.1) is 12.4 Å². The Morgan fingerprint density at radius 2 is 1.85 bits per heavy atom. The Kier molecular flexibility index (Phi) is 11.0. The molecule has 0 spiro atoms. The fraction of sp³-hybridized carbons (Fsp3) is 0.650. The van der Waals surface area contributed by atoms with Crippen LogP contribution in [0.3, 0.4) is 0 Å². The number of carbonyl (C=O) groups excluding carboxylic acids is 1. The predicted octanol–water partition coefficient (Wildman–Crippen LogP) is 3.75. The summed E-state index contributed by atoms with van der Waals surface area (Å²) >= 11 is 0. The first kappa shape index (κ1) is 23.4. The van der Waals surface area contributed by atoms with E-state index in [2.05, 4.69) is 6.92 Å². The molecular weight excluding hydrogens is 366 g/mol. The average molecular weight is 400 g/mol. The number of benzene rings is 1. The van der Waals surface area contributed by atoms with Crippen molar-refractivity contribution >= 4 is 16.0 Å². The number of carbonyl (C=O) groups is 1. The van der Waals surface area contributed by atoms with Crippen molar-refractivity contribution in [1.29, 1.82) is 0 Å². The van der Waals surface area contributed by atoms with Gasteiger partial charge < -0.3 is 13.8 Å². The van der Waals surface area contributed by atoms with E-state index in [1.54, 1.807) is 30.2 Å². The monoisotopic (exact) mass is 399 g/mol. The molecule has 0 radical (unpaired) electrons. The highest BCUT2D eigenvalue weighted by Crippen LogP contribution is 2.18. The van der Waals surface area contributed by atoms with Gasteiger partial charge >= 0.3 is 10.1 Å². The third-order valence-corrected chi connectivity index (χ3v) is 5.41. The lowest BCUT2D eigenvalue weighted by Crippen LogP contribution is -2.33. The minimum atomic E-state index is -3.57. The van der Waals surface area contributed by atoms with Crippen molar-refractivity contribution in [3.05, 3.63) is 29.8 Å². The van der Waals surface area contributed by atoms with Crippen LogP contribution in [0.15, 0.2) is 24.3 Å². The zero-order valence-corrected chi connectivity index (χ0v) is 17.6. The number of methoxy groups -OCH3 is 1. The van der Waals surface area contributed by atoms with Crippen LogP contribution < -0.4 is 4.18 Å². The van der Waals surface area contributed by atoms with Gasteiger partial charge in [-0.1, -0.05) is 44.7 Å². The molecule has 0 aliphatic rings. The number of rotatable bonds is 14. The largest absolute Gasteiger partial charge is 0.383 e. The molecule has 154 valence electrons. The van der Waals surface area contributed by atoms with E-state index in [0.29, 0.717) is 26.1 Å². The molecule has 0 bridgehead atoms. The molecule has 6 nitrogen and oxygen atoms in total. The summed E-state index contributed by atoms with van der Waals surface area (Å²) in [6, 6.07) is 6.87. The van der Waals surface area contributed by atoms with Gasteiger partial charge in [-0.05, 0) is 31.0 Å². The minimum absolute atomic E-state index is 0.0896. The van der Waals surface area contributed by atoms with Gasteiger partial charge in [-0.3, -0.25) is 4.79 Å². The van der Waals surface area contributed by atoms with Gasteiger partial charge in [0.15, 0.2) is 0 Å². The van der Waals surface area contributed by atoms with Crippen LogP contribution in [-0.4, -0.2) is 45.2 Å². The molecule has 1 aromatic carbocycles. The lowest BCUT2D eigenvalue weighted by molar-refractivity contribution is -0.132. The highest BCUT2D eigenvalue weighted by Gasteiger charge is 2.15. The summed E-state index contributed by atoms with van der Waals surface area (Å²) in [5.41, 5.74) is 0.828. The Hall–Kier alpha value is -1.60. The topological polar surface area (TPSA) is 72.9 Å². The second kappa shape index (κ2) is 12.7. The van der Waals surface area contributed by atoms with Gasteiger partial charge in [-0.25, -0.2) is 0 Å². The van der Waals surface area contributed by atoms with Crippen molar-refractivity contribution in [3.8, 4) is 5.75 Å². The Morgan fingerprint density at radius 1 is 1.11 bits per heavy atom. The molecule has 0 heterocycles. The Morgan fingerprint density at radius 3 is 2.52 bits per heavy atom. The second-order valence-corrected chi connectivity index (χ2v) is 8.41. The van der Waals surface area contributed by atoms with Crippen LogP contribution in [0.25, 0.3) is 0 Å². The molecule has 1 aromatic rings. The quantitative estimate of drug-likeness (QED) is 0.352. The highest BCUT2D eigenvalue weighted by atomic mass is 32.2. The van der Waals surface area contributed by atoms with Crippen molar-refractivity contribution < 1.29 is 22.1 Å². The van der Waals surface area contributed by atoms with E-state index in [9.17, 15) is 13.2 Å². The summed E-state index contributed by atoms with van der Waals surface area (Å²) in [4.78, 5) is 14.4. The lowest BCUT2D eigenvalue weighted by atomic mass is 10.1. The number of hydrogen-bond donors (Lipinski definition) is 0. The molecule has 0 fully saturated rings. The summed E-state index contributed by atoms with van der Waals surface area (Å²) < 4.78 is 33.5. The van der Waals surface area contributed by atoms with E-state index >= 15 is 0 Å². The van der Waals surface area contributed by atoms with E-state index in [1.165, 1.54) is 19.8 Å². The molecule has 0 aliphatic carbocycles. The van der Waals surface area contributed by atoms with E-state index in [4.69, 9.17) is 8.92 Å². The maximum absolute atomic E-state index is 12.6. The van der Waals surface area contributed by atoms with Crippen molar-refractivity contribution in [1.82, 2.24) is 4.90 Å². The second-order valence-electron chi connectivity index (χ2n) is 6.55. The molecule has 1 amide bonds. The van der Waals surface area contributed by atoms with Crippen molar-refractivity contribution in [2.45, 2.75) is 58.9 Å². The van der Waals surface area contributed by atoms with Gasteiger partial charge in [0, 0.05) is 26.6 Å². The molecule has 0 aliphatic heterocycles. The summed E-state index contributed by atoms with van der Waals surface area (Å²) in [5.74, 6) is 0.275. The Balaban J connectivity index is 2.71. The van der Waals surface area contributed by atoms with Crippen LogP contribution >= 0.6 is 0 Å². The minimum Gasteiger partial charge on any atom is -0.383 e. The van der Waals surface area contributed by atoms with Crippen LogP contribution in [0.4, 0.5) is 0 Å².